The fraction of sp³-hybridized carbons (Fsp3) is 0.381. The number of nitrogens with zero attached hydrogens (tertiary/aromatic N) is 2. The van der Waals surface area contributed by atoms with Gasteiger partial charge in [-0.2, -0.15) is 0 Å². The molecule has 1 atom stereocenters. The Balaban J connectivity index is 1.65. The van der Waals surface area contributed by atoms with E-state index in [4.69, 9.17) is 34.8 Å². The Bertz CT molecular complexity index is 1010. The van der Waals surface area contributed by atoms with Gasteiger partial charge in [0.1, 0.15) is 0 Å². The van der Waals surface area contributed by atoms with Gasteiger partial charge in [-0.3, -0.25) is 4.79 Å². The molecule has 2 aromatic carbocycles. The maximum atomic E-state index is 12.9. The van der Waals surface area contributed by atoms with E-state index in [9.17, 15) is 13.2 Å². The first-order valence-corrected chi connectivity index (χ1v) is 12.3. The Labute approximate surface area is 192 Å². The standard InChI is InChI=1S/C21H23Cl3N2O3S/c1-25(12-15-4-7-18(22)8-5-15)21(27)17-3-2-10-26(13-17)30(28,29)14-16-6-9-19(23)20(24)11-16/h4-9,11,17H,2-3,10,12-14H2,1H3/t17-/m1/s1. The van der Waals surface area contributed by atoms with Crippen LogP contribution in [-0.4, -0.2) is 43.7 Å². The van der Waals surface area contributed by atoms with Crippen LogP contribution in [0.5, 0.6) is 0 Å². The SMILES string of the molecule is CN(Cc1ccc(Cl)cc1)C(=O)[C@@H]1CCCN(S(=O)(=O)Cc2ccc(Cl)c(Cl)c2)C1. The minimum atomic E-state index is -3.58. The zero-order valence-electron chi connectivity index (χ0n) is 16.5. The van der Waals surface area contributed by atoms with Crippen LogP contribution in [0.25, 0.3) is 0 Å². The van der Waals surface area contributed by atoms with Crippen molar-refractivity contribution in [2.45, 2.75) is 25.1 Å². The van der Waals surface area contributed by atoms with E-state index in [0.29, 0.717) is 46.6 Å². The van der Waals surface area contributed by atoms with Crippen molar-refractivity contribution in [2.24, 2.45) is 5.92 Å². The Morgan fingerprint density at radius 2 is 1.73 bits per heavy atom. The van der Waals surface area contributed by atoms with Crippen LogP contribution in [0.1, 0.15) is 24.0 Å². The summed E-state index contributed by atoms with van der Waals surface area (Å²) in [7, 11) is -1.84. The van der Waals surface area contributed by atoms with Crippen LogP contribution in [-0.2, 0) is 27.1 Å². The molecule has 0 spiro atoms. The van der Waals surface area contributed by atoms with E-state index >= 15 is 0 Å². The van der Waals surface area contributed by atoms with Crippen molar-refractivity contribution in [1.29, 1.82) is 0 Å². The van der Waals surface area contributed by atoms with Crippen LogP contribution < -0.4 is 0 Å². The minimum absolute atomic E-state index is 0.0561. The summed E-state index contributed by atoms with van der Waals surface area (Å²) in [4.78, 5) is 14.6. The number of piperidine rings is 1. The highest BCUT2D eigenvalue weighted by Gasteiger charge is 2.33. The van der Waals surface area contributed by atoms with Gasteiger partial charge in [0.25, 0.3) is 0 Å². The Kier molecular flexibility index (Phi) is 7.69. The summed E-state index contributed by atoms with van der Waals surface area (Å²) in [5, 5.41) is 1.34. The van der Waals surface area contributed by atoms with Crippen molar-refractivity contribution in [3.8, 4) is 0 Å². The summed E-state index contributed by atoms with van der Waals surface area (Å²) in [6, 6.07) is 12.1. The number of hydrogen-bond acceptors (Lipinski definition) is 3. The number of halogens is 3. The molecule has 2 aromatic rings. The molecule has 3 rings (SSSR count). The third-order valence-electron chi connectivity index (χ3n) is 5.17. The molecule has 1 fully saturated rings. The molecular formula is C21H23Cl3N2O3S. The summed E-state index contributed by atoms with van der Waals surface area (Å²) in [6.07, 6.45) is 1.31. The first kappa shape index (κ1) is 23.4. The molecule has 162 valence electrons. The van der Waals surface area contributed by atoms with E-state index < -0.39 is 10.0 Å². The van der Waals surface area contributed by atoms with Gasteiger partial charge in [-0.25, -0.2) is 12.7 Å². The van der Waals surface area contributed by atoms with Crippen LogP contribution >= 0.6 is 34.8 Å². The van der Waals surface area contributed by atoms with Gasteiger partial charge in [0.05, 0.1) is 21.7 Å². The van der Waals surface area contributed by atoms with Gasteiger partial charge in [0.2, 0.25) is 15.9 Å². The second kappa shape index (κ2) is 9.88. The van der Waals surface area contributed by atoms with E-state index in [1.54, 1.807) is 42.3 Å². The van der Waals surface area contributed by atoms with E-state index in [1.807, 2.05) is 12.1 Å². The second-order valence-electron chi connectivity index (χ2n) is 7.52. The largest absolute Gasteiger partial charge is 0.341 e. The Morgan fingerprint density at radius 1 is 1.07 bits per heavy atom. The molecule has 0 unspecified atom stereocenters. The molecule has 0 N–H and O–H groups in total. The topological polar surface area (TPSA) is 57.7 Å². The summed E-state index contributed by atoms with van der Waals surface area (Å²) < 4.78 is 27.3. The number of carbonyl (C=O) groups excluding carboxylic acids is 1. The van der Waals surface area contributed by atoms with Crippen LogP contribution in [0.2, 0.25) is 15.1 Å². The monoisotopic (exact) mass is 488 g/mol. The molecule has 1 amide bonds. The maximum absolute atomic E-state index is 12.9. The molecule has 30 heavy (non-hydrogen) atoms. The fourth-order valence-electron chi connectivity index (χ4n) is 3.58. The van der Waals surface area contributed by atoms with Gasteiger partial charge in [-0.15, -0.1) is 0 Å². The zero-order chi connectivity index (χ0) is 21.9. The summed E-state index contributed by atoms with van der Waals surface area (Å²) in [5.74, 6) is -0.593. The lowest BCUT2D eigenvalue weighted by Gasteiger charge is -2.33. The van der Waals surface area contributed by atoms with E-state index in [0.717, 1.165) is 5.56 Å². The van der Waals surface area contributed by atoms with Crippen LogP contribution in [0.15, 0.2) is 42.5 Å². The van der Waals surface area contributed by atoms with Crippen LogP contribution in [0.3, 0.4) is 0 Å². The van der Waals surface area contributed by atoms with Gasteiger partial charge in [0, 0.05) is 31.7 Å². The second-order valence-corrected chi connectivity index (χ2v) is 10.7. The highest BCUT2D eigenvalue weighted by atomic mass is 35.5. The molecule has 9 heteroatoms. The summed E-state index contributed by atoms with van der Waals surface area (Å²) in [5.41, 5.74) is 1.54. The first-order valence-electron chi connectivity index (χ1n) is 9.57. The quantitative estimate of drug-likeness (QED) is 0.583. The van der Waals surface area contributed by atoms with Crippen molar-refractivity contribution in [3.63, 3.8) is 0 Å². The number of carbonyl (C=O) groups is 1. The Hall–Kier alpha value is -1.31. The van der Waals surface area contributed by atoms with Crippen molar-refractivity contribution < 1.29 is 13.2 Å². The Morgan fingerprint density at radius 3 is 2.40 bits per heavy atom. The van der Waals surface area contributed by atoms with Gasteiger partial charge >= 0.3 is 0 Å². The normalized spacial score (nSPS) is 17.7. The van der Waals surface area contributed by atoms with E-state index in [2.05, 4.69) is 0 Å². The third-order valence-corrected chi connectivity index (χ3v) is 7.98. The molecule has 1 aliphatic heterocycles. The average molecular weight is 490 g/mol. The van der Waals surface area contributed by atoms with Crippen LogP contribution in [0.4, 0.5) is 0 Å². The molecule has 0 aliphatic carbocycles. The lowest BCUT2D eigenvalue weighted by Crippen LogP contribution is -2.46. The molecule has 0 bridgehead atoms. The molecule has 1 heterocycles. The van der Waals surface area contributed by atoms with Gasteiger partial charge in [-0.1, -0.05) is 53.0 Å². The van der Waals surface area contributed by atoms with E-state index in [1.165, 1.54) is 4.31 Å². The highest BCUT2D eigenvalue weighted by Crippen LogP contribution is 2.26. The molecule has 0 radical (unpaired) electrons. The number of rotatable bonds is 6. The smallest absolute Gasteiger partial charge is 0.227 e. The fourth-order valence-corrected chi connectivity index (χ4v) is 5.63. The van der Waals surface area contributed by atoms with Gasteiger partial charge in [0.15, 0.2) is 0 Å². The van der Waals surface area contributed by atoms with E-state index in [-0.39, 0.29) is 24.1 Å². The molecule has 1 saturated heterocycles. The lowest BCUT2D eigenvalue weighted by atomic mass is 9.98. The summed E-state index contributed by atoms with van der Waals surface area (Å²) >= 11 is 17.8. The number of benzene rings is 2. The number of amides is 1. The van der Waals surface area contributed by atoms with Crippen molar-refractivity contribution in [3.05, 3.63) is 68.7 Å². The molecule has 0 saturated carbocycles. The van der Waals surface area contributed by atoms with Crippen LogP contribution in [0, 0.1) is 5.92 Å². The molecular weight excluding hydrogens is 467 g/mol. The highest BCUT2D eigenvalue weighted by molar-refractivity contribution is 7.88. The number of sulfonamides is 1. The summed E-state index contributed by atoms with van der Waals surface area (Å²) in [6.45, 7) is 1.05. The zero-order valence-corrected chi connectivity index (χ0v) is 19.6. The predicted molar refractivity (Wildman–Crippen MR) is 121 cm³/mol. The van der Waals surface area contributed by atoms with Gasteiger partial charge in [-0.05, 0) is 48.2 Å². The molecule has 1 aliphatic rings. The molecule has 5 nitrogen and oxygen atoms in total. The third kappa shape index (κ3) is 5.89. The van der Waals surface area contributed by atoms with Crippen molar-refractivity contribution in [2.75, 3.05) is 20.1 Å². The predicted octanol–water partition coefficient (Wildman–Crippen LogP) is 4.85. The molecule has 0 aromatic heterocycles. The average Bonchev–Trinajstić information content (AvgIpc) is 2.72. The minimum Gasteiger partial charge on any atom is -0.341 e. The number of hydrogen-bond donors (Lipinski definition) is 0. The lowest BCUT2D eigenvalue weighted by molar-refractivity contribution is -0.135. The van der Waals surface area contributed by atoms with Crippen molar-refractivity contribution in [1.82, 2.24) is 9.21 Å². The van der Waals surface area contributed by atoms with Gasteiger partial charge < -0.3 is 4.90 Å². The first-order chi connectivity index (χ1) is 14.2. The maximum Gasteiger partial charge on any atom is 0.227 e. The van der Waals surface area contributed by atoms with Crippen molar-refractivity contribution >= 4 is 50.7 Å².